The van der Waals surface area contributed by atoms with Crippen molar-refractivity contribution in [3.8, 4) is 0 Å². The van der Waals surface area contributed by atoms with Gasteiger partial charge in [-0.1, -0.05) is 0 Å². The van der Waals surface area contributed by atoms with E-state index in [0.717, 1.165) is 4.90 Å². The first-order chi connectivity index (χ1) is 10.6. The van der Waals surface area contributed by atoms with Crippen LogP contribution in [0.4, 0.5) is 11.4 Å². The van der Waals surface area contributed by atoms with E-state index in [-0.39, 0.29) is 23.9 Å². The molecule has 1 unspecified atom stereocenters. The molecule has 0 aliphatic carbocycles. The summed E-state index contributed by atoms with van der Waals surface area (Å²) in [5, 5.41) is 10.7. The van der Waals surface area contributed by atoms with Crippen LogP contribution >= 0.6 is 0 Å². The summed E-state index contributed by atoms with van der Waals surface area (Å²) in [6.07, 6.45) is 0.135. The van der Waals surface area contributed by atoms with Crippen LogP contribution in [0.25, 0.3) is 0 Å². The molecular formula is C14H15N3O5. The molecule has 0 bridgehead atoms. The second kappa shape index (κ2) is 5.82. The Morgan fingerprint density at radius 1 is 1.14 bits per heavy atom. The fraction of sp³-hybridized carbons (Fsp3) is 0.429. The Kier molecular flexibility index (Phi) is 3.86. The lowest BCUT2D eigenvalue weighted by Crippen LogP contribution is -2.47. The molecule has 2 saturated heterocycles. The van der Waals surface area contributed by atoms with Crippen molar-refractivity contribution < 1.29 is 19.2 Å². The van der Waals surface area contributed by atoms with E-state index in [1.807, 2.05) is 4.90 Å². The van der Waals surface area contributed by atoms with Gasteiger partial charge in [0.05, 0.1) is 36.3 Å². The Hall–Kier alpha value is -2.32. The number of non-ortho nitro benzene ring substituents is 1. The maximum atomic E-state index is 12.5. The number of morpholine rings is 1. The molecule has 2 heterocycles. The molecule has 116 valence electrons. The predicted molar refractivity (Wildman–Crippen MR) is 76.4 cm³/mol. The second-order valence-corrected chi connectivity index (χ2v) is 5.21. The highest BCUT2D eigenvalue weighted by Gasteiger charge is 2.43. The molecule has 2 aliphatic heterocycles. The maximum Gasteiger partial charge on any atom is 0.269 e. The summed E-state index contributed by atoms with van der Waals surface area (Å²) in [6, 6.07) is 4.97. The number of rotatable bonds is 3. The van der Waals surface area contributed by atoms with Crippen LogP contribution in [0.2, 0.25) is 0 Å². The van der Waals surface area contributed by atoms with E-state index in [2.05, 4.69) is 0 Å². The lowest BCUT2D eigenvalue weighted by atomic mass is 10.2. The number of nitrogens with zero attached hydrogens (tertiary/aromatic N) is 3. The minimum atomic E-state index is -0.520. The SMILES string of the molecule is O=C1CC(N2CCOCC2)C(=O)N1c1ccc([N+](=O)[O-])cc1. The third-order valence-electron chi connectivity index (χ3n) is 3.93. The van der Waals surface area contributed by atoms with Crippen molar-refractivity contribution in [2.24, 2.45) is 0 Å². The van der Waals surface area contributed by atoms with Crippen LogP contribution in [-0.4, -0.2) is 54.0 Å². The van der Waals surface area contributed by atoms with Gasteiger partial charge in [0.1, 0.15) is 0 Å². The number of carbonyl (C=O) groups excluding carboxylic acids is 2. The van der Waals surface area contributed by atoms with E-state index in [9.17, 15) is 19.7 Å². The number of ether oxygens (including phenoxy) is 1. The number of hydrogen-bond donors (Lipinski definition) is 0. The van der Waals surface area contributed by atoms with Crippen LogP contribution in [0, 0.1) is 10.1 Å². The molecule has 2 aliphatic rings. The largest absolute Gasteiger partial charge is 0.379 e. The fourth-order valence-corrected chi connectivity index (χ4v) is 2.79. The average molecular weight is 305 g/mol. The third-order valence-corrected chi connectivity index (χ3v) is 3.93. The standard InChI is InChI=1S/C14H15N3O5/c18-13-9-12(15-5-7-22-8-6-15)14(19)16(13)10-1-3-11(4-2-10)17(20)21/h1-4,12H,5-9H2. The van der Waals surface area contributed by atoms with Crippen molar-refractivity contribution in [2.45, 2.75) is 12.5 Å². The molecule has 0 radical (unpaired) electrons. The van der Waals surface area contributed by atoms with Gasteiger partial charge >= 0.3 is 0 Å². The van der Waals surface area contributed by atoms with E-state index >= 15 is 0 Å². The van der Waals surface area contributed by atoms with E-state index in [0.29, 0.717) is 32.0 Å². The minimum Gasteiger partial charge on any atom is -0.379 e. The summed E-state index contributed by atoms with van der Waals surface area (Å²) >= 11 is 0. The first-order valence-corrected chi connectivity index (χ1v) is 7.01. The van der Waals surface area contributed by atoms with E-state index in [4.69, 9.17) is 4.74 Å². The van der Waals surface area contributed by atoms with Crippen molar-refractivity contribution in [3.63, 3.8) is 0 Å². The smallest absolute Gasteiger partial charge is 0.269 e. The van der Waals surface area contributed by atoms with Gasteiger partial charge in [-0.2, -0.15) is 0 Å². The summed E-state index contributed by atoms with van der Waals surface area (Å²) in [4.78, 5) is 37.9. The van der Waals surface area contributed by atoms with Crippen LogP contribution in [0.3, 0.4) is 0 Å². The molecule has 22 heavy (non-hydrogen) atoms. The zero-order valence-electron chi connectivity index (χ0n) is 11.8. The van der Waals surface area contributed by atoms with Gasteiger partial charge in [-0.3, -0.25) is 24.6 Å². The summed E-state index contributed by atoms with van der Waals surface area (Å²) in [7, 11) is 0. The highest BCUT2D eigenvalue weighted by molar-refractivity contribution is 6.22. The first-order valence-electron chi connectivity index (χ1n) is 7.01. The Labute approximate surface area is 126 Å². The van der Waals surface area contributed by atoms with Crippen LogP contribution < -0.4 is 4.90 Å². The average Bonchev–Trinajstić information content (AvgIpc) is 2.83. The van der Waals surface area contributed by atoms with Crippen molar-refractivity contribution in [2.75, 3.05) is 31.2 Å². The quantitative estimate of drug-likeness (QED) is 0.460. The van der Waals surface area contributed by atoms with Crippen molar-refractivity contribution in [3.05, 3.63) is 34.4 Å². The molecule has 1 aromatic rings. The van der Waals surface area contributed by atoms with Gasteiger partial charge in [-0.15, -0.1) is 0 Å². The molecule has 3 rings (SSSR count). The molecule has 0 spiro atoms. The Balaban J connectivity index is 1.80. The molecule has 2 amide bonds. The molecule has 1 atom stereocenters. The number of hydrogen-bond acceptors (Lipinski definition) is 6. The summed E-state index contributed by atoms with van der Waals surface area (Å²) in [5.41, 5.74) is 0.295. The molecule has 8 nitrogen and oxygen atoms in total. The molecule has 2 fully saturated rings. The molecule has 1 aromatic carbocycles. The van der Waals surface area contributed by atoms with Gasteiger partial charge in [-0.05, 0) is 12.1 Å². The van der Waals surface area contributed by atoms with Gasteiger partial charge < -0.3 is 4.74 Å². The molecular weight excluding hydrogens is 290 g/mol. The lowest BCUT2D eigenvalue weighted by molar-refractivity contribution is -0.384. The monoisotopic (exact) mass is 305 g/mol. The summed E-state index contributed by atoms with van der Waals surface area (Å²) in [5.74, 6) is -0.559. The fourth-order valence-electron chi connectivity index (χ4n) is 2.79. The molecule has 0 saturated carbocycles. The number of benzene rings is 1. The number of nitro benzene ring substituents is 1. The first kappa shape index (κ1) is 14.6. The molecule has 0 N–H and O–H groups in total. The Morgan fingerprint density at radius 3 is 2.36 bits per heavy atom. The van der Waals surface area contributed by atoms with E-state index in [1.54, 1.807) is 0 Å². The van der Waals surface area contributed by atoms with Crippen molar-refractivity contribution in [1.29, 1.82) is 0 Å². The number of nitro groups is 1. The lowest BCUT2D eigenvalue weighted by Gasteiger charge is -2.30. The summed E-state index contributed by atoms with van der Waals surface area (Å²) in [6.45, 7) is 2.35. The van der Waals surface area contributed by atoms with Crippen LogP contribution in [0.1, 0.15) is 6.42 Å². The maximum absolute atomic E-state index is 12.5. The topological polar surface area (TPSA) is 93.0 Å². The van der Waals surface area contributed by atoms with Gasteiger partial charge in [0.15, 0.2) is 0 Å². The van der Waals surface area contributed by atoms with Crippen LogP contribution in [0.5, 0.6) is 0 Å². The number of carbonyl (C=O) groups is 2. The number of amides is 2. The van der Waals surface area contributed by atoms with Gasteiger partial charge in [0, 0.05) is 25.2 Å². The number of anilines is 1. The predicted octanol–water partition coefficient (Wildman–Crippen LogP) is 0.559. The van der Waals surface area contributed by atoms with Gasteiger partial charge in [-0.25, -0.2) is 4.90 Å². The van der Waals surface area contributed by atoms with Gasteiger partial charge in [0.25, 0.3) is 11.6 Å². The number of imide groups is 1. The van der Waals surface area contributed by atoms with E-state index in [1.165, 1.54) is 24.3 Å². The van der Waals surface area contributed by atoms with Crippen LogP contribution in [-0.2, 0) is 14.3 Å². The van der Waals surface area contributed by atoms with Crippen LogP contribution in [0.15, 0.2) is 24.3 Å². The second-order valence-electron chi connectivity index (χ2n) is 5.21. The summed E-state index contributed by atoms with van der Waals surface area (Å²) < 4.78 is 5.25. The third kappa shape index (κ3) is 2.58. The van der Waals surface area contributed by atoms with Crippen molar-refractivity contribution >= 4 is 23.2 Å². The Morgan fingerprint density at radius 2 is 1.77 bits per heavy atom. The van der Waals surface area contributed by atoms with E-state index < -0.39 is 11.0 Å². The minimum absolute atomic E-state index is 0.0763. The zero-order chi connectivity index (χ0) is 15.7. The zero-order valence-corrected chi connectivity index (χ0v) is 11.8. The van der Waals surface area contributed by atoms with Gasteiger partial charge in [0.2, 0.25) is 5.91 Å². The molecule has 8 heteroatoms. The van der Waals surface area contributed by atoms with Crippen molar-refractivity contribution in [1.82, 2.24) is 4.90 Å². The Bertz CT molecular complexity index is 609. The highest BCUT2D eigenvalue weighted by Crippen LogP contribution is 2.27. The normalized spacial score (nSPS) is 23.1. The molecule has 0 aromatic heterocycles. The highest BCUT2D eigenvalue weighted by atomic mass is 16.6.